The maximum atomic E-state index is 11.5. The Balaban J connectivity index is 1.55. The minimum absolute atomic E-state index is 0.426. The van der Waals surface area contributed by atoms with E-state index in [0.29, 0.717) is 24.0 Å². The lowest BCUT2D eigenvalue weighted by Crippen LogP contribution is -2.38. The van der Waals surface area contributed by atoms with Gasteiger partial charge >= 0.3 is 0 Å². The maximum Gasteiger partial charge on any atom is 0.252 e. The van der Waals surface area contributed by atoms with Gasteiger partial charge in [0.1, 0.15) is 5.75 Å². The van der Waals surface area contributed by atoms with Crippen LogP contribution in [-0.2, 0) is 6.54 Å². The highest BCUT2D eigenvalue weighted by Crippen LogP contribution is 2.25. The third-order valence-electron chi connectivity index (χ3n) is 4.75. The maximum absolute atomic E-state index is 11.5. The fourth-order valence-corrected chi connectivity index (χ4v) is 3.40. The number of hydrogen-bond acceptors (Lipinski definition) is 4. The molecule has 1 aliphatic heterocycles. The number of carbonyl (C=O) groups is 1. The summed E-state index contributed by atoms with van der Waals surface area (Å²) >= 11 is 0. The average Bonchev–Trinajstić information content (AvgIpc) is 2.64. The van der Waals surface area contributed by atoms with Crippen LogP contribution in [0.1, 0.15) is 35.7 Å². The SMILES string of the molecule is CCOc1cc(NC2CCN(Cc3ccccc3)CC2)ccc1C(N)=O. The second kappa shape index (κ2) is 8.72. The van der Waals surface area contributed by atoms with Gasteiger partial charge in [0.25, 0.3) is 5.91 Å². The molecule has 1 aliphatic rings. The number of nitrogens with one attached hydrogen (secondary N) is 1. The predicted octanol–water partition coefficient (Wildman–Crippen LogP) is 3.26. The zero-order valence-electron chi connectivity index (χ0n) is 15.3. The van der Waals surface area contributed by atoms with Gasteiger partial charge in [0.2, 0.25) is 0 Å². The molecule has 1 saturated heterocycles. The number of ether oxygens (including phenoxy) is 1. The first-order valence-corrected chi connectivity index (χ1v) is 9.25. The summed E-state index contributed by atoms with van der Waals surface area (Å²) < 4.78 is 5.56. The summed E-state index contributed by atoms with van der Waals surface area (Å²) in [6, 6.07) is 16.5. The number of rotatable bonds is 7. The predicted molar refractivity (Wildman–Crippen MR) is 104 cm³/mol. The molecule has 2 aromatic rings. The van der Waals surface area contributed by atoms with Crippen molar-refractivity contribution in [3.8, 4) is 5.75 Å². The molecule has 5 heteroatoms. The van der Waals surface area contributed by atoms with Gasteiger partial charge < -0.3 is 15.8 Å². The number of likely N-dealkylation sites (tertiary alicyclic amines) is 1. The van der Waals surface area contributed by atoms with Gasteiger partial charge in [-0.15, -0.1) is 0 Å². The molecular formula is C21H27N3O2. The van der Waals surface area contributed by atoms with Crippen molar-refractivity contribution in [3.63, 3.8) is 0 Å². The number of anilines is 1. The highest BCUT2D eigenvalue weighted by atomic mass is 16.5. The number of amides is 1. The Hall–Kier alpha value is -2.53. The number of benzene rings is 2. The van der Waals surface area contributed by atoms with Crippen molar-refractivity contribution in [2.75, 3.05) is 25.0 Å². The third kappa shape index (κ3) is 4.76. The van der Waals surface area contributed by atoms with Crippen molar-refractivity contribution < 1.29 is 9.53 Å². The van der Waals surface area contributed by atoms with Gasteiger partial charge in [0, 0.05) is 37.4 Å². The molecule has 2 aromatic carbocycles. The number of hydrogen-bond donors (Lipinski definition) is 2. The zero-order chi connectivity index (χ0) is 18.4. The average molecular weight is 353 g/mol. The molecule has 1 heterocycles. The van der Waals surface area contributed by atoms with Gasteiger partial charge in [-0.3, -0.25) is 9.69 Å². The van der Waals surface area contributed by atoms with Crippen LogP contribution >= 0.6 is 0 Å². The van der Waals surface area contributed by atoms with Crippen LogP contribution in [-0.4, -0.2) is 36.5 Å². The minimum Gasteiger partial charge on any atom is -0.493 e. The van der Waals surface area contributed by atoms with Crippen LogP contribution in [0.2, 0.25) is 0 Å². The van der Waals surface area contributed by atoms with Gasteiger partial charge in [-0.05, 0) is 37.5 Å². The minimum atomic E-state index is -0.464. The molecule has 0 spiro atoms. The Kier molecular flexibility index (Phi) is 6.12. The van der Waals surface area contributed by atoms with E-state index in [4.69, 9.17) is 10.5 Å². The van der Waals surface area contributed by atoms with Gasteiger partial charge in [0.15, 0.2) is 0 Å². The monoisotopic (exact) mass is 353 g/mol. The van der Waals surface area contributed by atoms with Gasteiger partial charge in [-0.2, -0.15) is 0 Å². The fourth-order valence-electron chi connectivity index (χ4n) is 3.40. The highest BCUT2D eigenvalue weighted by Gasteiger charge is 2.20. The van der Waals surface area contributed by atoms with Crippen molar-refractivity contribution in [3.05, 3.63) is 59.7 Å². The van der Waals surface area contributed by atoms with E-state index >= 15 is 0 Å². The summed E-state index contributed by atoms with van der Waals surface area (Å²) in [4.78, 5) is 14.0. The third-order valence-corrected chi connectivity index (χ3v) is 4.75. The molecule has 3 N–H and O–H groups in total. The summed E-state index contributed by atoms with van der Waals surface area (Å²) in [5, 5.41) is 3.57. The summed E-state index contributed by atoms with van der Waals surface area (Å²) in [6.45, 7) is 5.55. The number of piperidine rings is 1. The number of carbonyl (C=O) groups excluding carboxylic acids is 1. The molecule has 1 amide bonds. The number of nitrogens with two attached hydrogens (primary N) is 1. The van der Waals surface area contributed by atoms with E-state index in [1.165, 1.54) is 5.56 Å². The molecule has 0 unspecified atom stereocenters. The molecule has 0 aromatic heterocycles. The fraction of sp³-hybridized carbons (Fsp3) is 0.381. The first kappa shape index (κ1) is 18.3. The molecule has 26 heavy (non-hydrogen) atoms. The molecular weight excluding hydrogens is 326 g/mol. The Morgan fingerprint density at radius 2 is 1.92 bits per heavy atom. The van der Waals surface area contributed by atoms with Crippen LogP contribution in [0.5, 0.6) is 5.75 Å². The van der Waals surface area contributed by atoms with E-state index in [-0.39, 0.29) is 0 Å². The summed E-state index contributed by atoms with van der Waals surface area (Å²) in [6.07, 6.45) is 2.18. The van der Waals surface area contributed by atoms with Crippen molar-refractivity contribution in [2.24, 2.45) is 5.73 Å². The van der Waals surface area contributed by atoms with E-state index in [1.807, 2.05) is 19.1 Å². The smallest absolute Gasteiger partial charge is 0.252 e. The van der Waals surface area contributed by atoms with Crippen LogP contribution in [0, 0.1) is 0 Å². The van der Waals surface area contributed by atoms with Gasteiger partial charge in [0.05, 0.1) is 12.2 Å². The zero-order valence-corrected chi connectivity index (χ0v) is 15.3. The first-order valence-electron chi connectivity index (χ1n) is 9.25. The molecule has 3 rings (SSSR count). The second-order valence-electron chi connectivity index (χ2n) is 6.69. The van der Waals surface area contributed by atoms with E-state index in [0.717, 1.165) is 38.2 Å². The van der Waals surface area contributed by atoms with Gasteiger partial charge in [-0.25, -0.2) is 0 Å². The van der Waals surface area contributed by atoms with Crippen molar-refractivity contribution in [2.45, 2.75) is 32.4 Å². The largest absolute Gasteiger partial charge is 0.493 e. The highest BCUT2D eigenvalue weighted by molar-refractivity contribution is 5.96. The Bertz CT molecular complexity index is 725. The number of nitrogens with zero attached hydrogens (tertiary/aromatic N) is 1. The first-order chi connectivity index (χ1) is 12.7. The molecule has 5 nitrogen and oxygen atoms in total. The topological polar surface area (TPSA) is 67.6 Å². The Morgan fingerprint density at radius 1 is 1.19 bits per heavy atom. The standard InChI is InChI=1S/C21H27N3O2/c1-2-26-20-14-18(8-9-19(20)21(22)25)23-17-10-12-24(13-11-17)15-16-6-4-3-5-7-16/h3-9,14,17,23H,2,10-13,15H2,1H3,(H2,22,25). The van der Waals surface area contributed by atoms with E-state index < -0.39 is 5.91 Å². The van der Waals surface area contributed by atoms with Crippen molar-refractivity contribution >= 4 is 11.6 Å². The summed E-state index contributed by atoms with van der Waals surface area (Å²) in [5.74, 6) is 0.0840. The summed E-state index contributed by atoms with van der Waals surface area (Å²) in [7, 11) is 0. The van der Waals surface area contributed by atoms with Crippen molar-refractivity contribution in [1.82, 2.24) is 4.90 Å². The number of primary amides is 1. The Morgan fingerprint density at radius 3 is 2.58 bits per heavy atom. The molecule has 0 bridgehead atoms. The van der Waals surface area contributed by atoms with E-state index in [9.17, 15) is 4.79 Å². The lowest BCUT2D eigenvalue weighted by atomic mass is 10.0. The van der Waals surface area contributed by atoms with Crippen LogP contribution in [0.4, 0.5) is 5.69 Å². The summed E-state index contributed by atoms with van der Waals surface area (Å²) in [5.41, 5.74) is 8.17. The van der Waals surface area contributed by atoms with Crippen LogP contribution in [0.3, 0.4) is 0 Å². The van der Waals surface area contributed by atoms with Crippen molar-refractivity contribution in [1.29, 1.82) is 0 Å². The second-order valence-corrected chi connectivity index (χ2v) is 6.69. The normalized spacial score (nSPS) is 15.6. The molecule has 0 aliphatic carbocycles. The molecule has 138 valence electrons. The Labute approximate surface area is 155 Å². The van der Waals surface area contributed by atoms with Crippen LogP contribution in [0.25, 0.3) is 0 Å². The molecule has 0 atom stereocenters. The van der Waals surface area contributed by atoms with Gasteiger partial charge in [-0.1, -0.05) is 30.3 Å². The molecule has 0 saturated carbocycles. The van der Waals surface area contributed by atoms with Crippen LogP contribution in [0.15, 0.2) is 48.5 Å². The lowest BCUT2D eigenvalue weighted by Gasteiger charge is -2.33. The van der Waals surface area contributed by atoms with E-state index in [2.05, 4.69) is 40.5 Å². The molecule has 1 fully saturated rings. The quantitative estimate of drug-likeness (QED) is 0.802. The molecule has 0 radical (unpaired) electrons. The van der Waals surface area contributed by atoms with E-state index in [1.54, 1.807) is 6.07 Å². The lowest BCUT2D eigenvalue weighted by molar-refractivity contribution is 0.0996. The van der Waals surface area contributed by atoms with Crippen LogP contribution < -0.4 is 15.8 Å².